The van der Waals surface area contributed by atoms with Crippen molar-refractivity contribution in [3.05, 3.63) is 34.6 Å². The molecule has 1 fully saturated rings. The summed E-state index contributed by atoms with van der Waals surface area (Å²) < 4.78 is 23.5. The van der Waals surface area contributed by atoms with E-state index >= 15 is 0 Å². The third-order valence-corrected chi connectivity index (χ3v) is 5.92. The third kappa shape index (κ3) is 5.83. The summed E-state index contributed by atoms with van der Waals surface area (Å²) in [5, 5.41) is 13.3. The van der Waals surface area contributed by atoms with Gasteiger partial charge in [-0.15, -0.1) is 0 Å². The first-order valence-electron chi connectivity index (χ1n) is 11.1. The van der Waals surface area contributed by atoms with Gasteiger partial charge in [0, 0.05) is 18.7 Å². The SMILES string of the molecule is CCc1nc(-c2ccc(OC)cc2Cl)c(CC)nc1NC1CN(C(=O)O)C[C@@H]1OCCCF. The topological polar surface area (TPSA) is 96.8 Å². The van der Waals surface area contributed by atoms with Crippen LogP contribution in [0.15, 0.2) is 18.2 Å². The van der Waals surface area contributed by atoms with Crippen molar-refractivity contribution in [2.45, 2.75) is 45.3 Å². The zero-order valence-electron chi connectivity index (χ0n) is 19.1. The summed E-state index contributed by atoms with van der Waals surface area (Å²) >= 11 is 6.50. The molecule has 1 saturated heterocycles. The third-order valence-electron chi connectivity index (χ3n) is 5.61. The summed E-state index contributed by atoms with van der Waals surface area (Å²) in [6.45, 7) is 4.18. The second-order valence-corrected chi connectivity index (χ2v) is 8.16. The molecule has 10 heteroatoms. The normalized spacial score (nSPS) is 17.9. The number of aromatic nitrogens is 2. The van der Waals surface area contributed by atoms with Crippen LogP contribution in [-0.2, 0) is 17.6 Å². The van der Waals surface area contributed by atoms with Gasteiger partial charge in [0.05, 0.1) is 54.6 Å². The first-order valence-corrected chi connectivity index (χ1v) is 11.4. The Bertz CT molecular complexity index is 978. The lowest BCUT2D eigenvalue weighted by molar-refractivity contribution is 0.0495. The molecule has 0 spiro atoms. The molecule has 0 radical (unpaired) electrons. The van der Waals surface area contributed by atoms with Crippen LogP contribution < -0.4 is 10.1 Å². The standard InChI is InChI=1S/C23H30ClFN4O4/c1-4-17-21(15-8-7-14(32-3)11-16(15)24)26-18(5-2)22(27-17)28-19-12-29(23(30)31)13-20(19)33-10-6-9-25/h7-8,11,19-20H,4-6,9-10,12-13H2,1-3H3,(H,27,28)(H,30,31)/t19?,20-/m0/s1. The second kappa shape index (κ2) is 11.5. The number of ether oxygens (including phenoxy) is 2. The number of nitrogens with zero attached hydrogens (tertiary/aromatic N) is 3. The first kappa shape index (κ1) is 25.0. The van der Waals surface area contributed by atoms with Crippen molar-refractivity contribution < 1.29 is 23.8 Å². The molecule has 8 nitrogen and oxygen atoms in total. The van der Waals surface area contributed by atoms with E-state index in [-0.39, 0.29) is 32.2 Å². The molecule has 1 unspecified atom stereocenters. The van der Waals surface area contributed by atoms with E-state index in [0.717, 1.165) is 17.0 Å². The molecule has 1 aromatic carbocycles. The summed E-state index contributed by atoms with van der Waals surface area (Å²) in [5.74, 6) is 1.26. The summed E-state index contributed by atoms with van der Waals surface area (Å²) in [6.07, 6.45) is 0.0983. The van der Waals surface area contributed by atoms with E-state index in [1.165, 1.54) is 4.90 Å². The largest absolute Gasteiger partial charge is 0.497 e. The lowest BCUT2D eigenvalue weighted by Crippen LogP contribution is -2.35. The number of likely N-dealkylation sites (tertiary alicyclic amines) is 1. The van der Waals surface area contributed by atoms with Crippen LogP contribution in [0.5, 0.6) is 5.75 Å². The summed E-state index contributed by atoms with van der Waals surface area (Å²) in [4.78, 5) is 22.5. The number of alkyl halides is 1. The van der Waals surface area contributed by atoms with Gasteiger partial charge in [-0.05, 0) is 37.5 Å². The van der Waals surface area contributed by atoms with Gasteiger partial charge in [0.15, 0.2) is 0 Å². The zero-order chi connectivity index (χ0) is 24.0. The molecule has 0 saturated carbocycles. The molecule has 1 aliphatic rings. The molecular formula is C23H30ClFN4O4. The maximum absolute atomic E-state index is 12.5. The van der Waals surface area contributed by atoms with Crippen molar-refractivity contribution in [3.63, 3.8) is 0 Å². The minimum absolute atomic E-state index is 0.217. The average molecular weight is 481 g/mol. The molecule has 0 aliphatic carbocycles. The van der Waals surface area contributed by atoms with Gasteiger partial charge in [-0.3, -0.25) is 4.39 Å². The van der Waals surface area contributed by atoms with Crippen molar-refractivity contribution in [1.82, 2.24) is 14.9 Å². The van der Waals surface area contributed by atoms with Crippen molar-refractivity contribution in [1.29, 1.82) is 0 Å². The van der Waals surface area contributed by atoms with Gasteiger partial charge in [0.25, 0.3) is 0 Å². The monoisotopic (exact) mass is 480 g/mol. The molecule has 1 amide bonds. The number of carbonyl (C=O) groups is 1. The van der Waals surface area contributed by atoms with E-state index in [1.54, 1.807) is 13.2 Å². The number of aryl methyl sites for hydroxylation is 2. The van der Waals surface area contributed by atoms with E-state index in [0.29, 0.717) is 35.1 Å². The van der Waals surface area contributed by atoms with Gasteiger partial charge in [0.1, 0.15) is 11.6 Å². The van der Waals surface area contributed by atoms with Gasteiger partial charge >= 0.3 is 6.09 Å². The number of carboxylic acid groups (broad SMARTS) is 1. The average Bonchev–Trinajstić information content (AvgIpc) is 3.22. The summed E-state index contributed by atoms with van der Waals surface area (Å²) in [6, 6.07) is 5.13. The Morgan fingerprint density at radius 2 is 2.03 bits per heavy atom. The molecule has 180 valence electrons. The van der Waals surface area contributed by atoms with Crippen molar-refractivity contribution in [3.8, 4) is 17.0 Å². The van der Waals surface area contributed by atoms with Gasteiger partial charge in [-0.2, -0.15) is 0 Å². The predicted molar refractivity (Wildman–Crippen MR) is 125 cm³/mol. The maximum atomic E-state index is 12.5. The Labute approximate surface area is 198 Å². The number of hydrogen-bond donors (Lipinski definition) is 2. The van der Waals surface area contributed by atoms with E-state index in [9.17, 15) is 14.3 Å². The number of methoxy groups -OCH3 is 1. The van der Waals surface area contributed by atoms with Crippen molar-refractivity contribution in [2.24, 2.45) is 0 Å². The zero-order valence-corrected chi connectivity index (χ0v) is 19.9. The molecule has 2 atom stereocenters. The summed E-state index contributed by atoms with van der Waals surface area (Å²) in [7, 11) is 1.58. The maximum Gasteiger partial charge on any atom is 0.407 e. The van der Waals surface area contributed by atoms with Gasteiger partial charge in [-0.25, -0.2) is 14.8 Å². The Hall–Kier alpha value is -2.65. The smallest absolute Gasteiger partial charge is 0.407 e. The van der Waals surface area contributed by atoms with Crippen molar-refractivity contribution >= 4 is 23.5 Å². The molecule has 33 heavy (non-hydrogen) atoms. The minimum Gasteiger partial charge on any atom is -0.497 e. The Morgan fingerprint density at radius 1 is 1.27 bits per heavy atom. The van der Waals surface area contributed by atoms with Gasteiger partial charge in [0.2, 0.25) is 0 Å². The quantitative estimate of drug-likeness (QED) is 0.485. The second-order valence-electron chi connectivity index (χ2n) is 7.76. The fraction of sp³-hybridized carbons (Fsp3) is 0.522. The van der Waals surface area contributed by atoms with Crippen LogP contribution in [0.4, 0.5) is 15.0 Å². The van der Waals surface area contributed by atoms with Crippen LogP contribution in [0.25, 0.3) is 11.3 Å². The lowest BCUT2D eigenvalue weighted by Gasteiger charge is -2.22. The first-order chi connectivity index (χ1) is 15.9. The highest BCUT2D eigenvalue weighted by atomic mass is 35.5. The highest BCUT2D eigenvalue weighted by Gasteiger charge is 2.36. The Kier molecular flexibility index (Phi) is 8.68. The molecular weight excluding hydrogens is 451 g/mol. The molecule has 1 aromatic heterocycles. The molecule has 2 heterocycles. The van der Waals surface area contributed by atoms with Crippen LogP contribution in [0.3, 0.4) is 0 Å². The number of nitrogens with one attached hydrogen (secondary N) is 1. The number of benzene rings is 1. The van der Waals surface area contributed by atoms with E-state index < -0.39 is 18.9 Å². The fourth-order valence-corrected chi connectivity index (χ4v) is 4.11. The van der Waals surface area contributed by atoms with Crippen LogP contribution >= 0.6 is 11.6 Å². The highest BCUT2D eigenvalue weighted by molar-refractivity contribution is 6.33. The fourth-order valence-electron chi connectivity index (χ4n) is 3.85. The summed E-state index contributed by atoms with van der Waals surface area (Å²) in [5.41, 5.74) is 2.99. The highest BCUT2D eigenvalue weighted by Crippen LogP contribution is 2.33. The van der Waals surface area contributed by atoms with E-state index in [4.69, 9.17) is 31.0 Å². The number of anilines is 1. The molecule has 2 aromatic rings. The van der Waals surface area contributed by atoms with Gasteiger partial charge in [-0.1, -0.05) is 25.4 Å². The minimum atomic E-state index is -1.01. The number of hydrogen-bond acceptors (Lipinski definition) is 6. The Morgan fingerprint density at radius 3 is 2.64 bits per heavy atom. The number of amides is 1. The van der Waals surface area contributed by atoms with E-state index in [1.807, 2.05) is 26.0 Å². The van der Waals surface area contributed by atoms with Crippen LogP contribution in [0.2, 0.25) is 5.02 Å². The molecule has 2 N–H and O–H groups in total. The van der Waals surface area contributed by atoms with Crippen LogP contribution in [0.1, 0.15) is 31.7 Å². The van der Waals surface area contributed by atoms with Crippen LogP contribution in [-0.4, -0.2) is 71.7 Å². The molecule has 3 rings (SSSR count). The number of rotatable bonds is 10. The Balaban J connectivity index is 1.92. The van der Waals surface area contributed by atoms with Gasteiger partial charge < -0.3 is 24.8 Å². The predicted octanol–water partition coefficient (Wildman–Crippen LogP) is 4.45. The van der Waals surface area contributed by atoms with E-state index in [2.05, 4.69) is 5.32 Å². The molecule has 0 bridgehead atoms. The number of halogens is 2. The van der Waals surface area contributed by atoms with Crippen molar-refractivity contribution in [2.75, 3.05) is 38.8 Å². The van der Waals surface area contributed by atoms with Crippen LogP contribution in [0, 0.1) is 0 Å². The molecule has 1 aliphatic heterocycles. The lowest BCUT2D eigenvalue weighted by atomic mass is 10.1.